The molecule has 0 amide bonds. The largest absolute Gasteiger partial charge is 0.494 e. The minimum Gasteiger partial charge on any atom is -0.494 e. The molecular weight excluding hydrogens is 390 g/mol. The van der Waals surface area contributed by atoms with E-state index in [-0.39, 0.29) is 0 Å². The Balaban J connectivity index is 1.61. The Morgan fingerprint density at radius 1 is 0.968 bits per heavy atom. The Morgan fingerprint density at radius 3 is 2.32 bits per heavy atom. The maximum absolute atomic E-state index is 12.3. The average Bonchev–Trinajstić information content (AvgIpc) is 2.83. The molecule has 4 rings (SSSR count). The van der Waals surface area contributed by atoms with Gasteiger partial charge in [0.15, 0.2) is 0 Å². The van der Waals surface area contributed by atoms with Gasteiger partial charge in [0, 0.05) is 23.3 Å². The SMILES string of the molecule is COC(=O)c1cc(-c2ccc(-c3ccc(OCCCN)cc3)cc2)nc2ccncc12. The molecule has 6 heteroatoms. The first-order valence-electron chi connectivity index (χ1n) is 10.1. The van der Waals surface area contributed by atoms with E-state index in [1.165, 1.54) is 7.11 Å². The lowest BCUT2D eigenvalue weighted by Crippen LogP contribution is -2.05. The van der Waals surface area contributed by atoms with Gasteiger partial charge < -0.3 is 15.2 Å². The molecule has 0 fully saturated rings. The first kappa shape index (κ1) is 20.5. The van der Waals surface area contributed by atoms with E-state index in [2.05, 4.69) is 4.98 Å². The van der Waals surface area contributed by atoms with Gasteiger partial charge in [-0.3, -0.25) is 4.98 Å². The Kier molecular flexibility index (Phi) is 6.19. The number of rotatable bonds is 7. The van der Waals surface area contributed by atoms with Crippen molar-refractivity contribution in [3.63, 3.8) is 0 Å². The second-order valence-corrected chi connectivity index (χ2v) is 7.03. The number of pyridine rings is 2. The number of hydrogen-bond donors (Lipinski definition) is 1. The minimum absolute atomic E-state index is 0.410. The summed E-state index contributed by atoms with van der Waals surface area (Å²) in [4.78, 5) is 21.1. The molecule has 0 radical (unpaired) electrons. The highest BCUT2D eigenvalue weighted by Gasteiger charge is 2.14. The standard InChI is InChI=1S/C25H23N3O3/c1-30-25(29)21-15-24(28-23-11-13-27-16-22(21)23)19-5-3-17(4-6-19)18-7-9-20(10-8-18)31-14-2-12-26/h3-11,13,15-16H,2,12,14,26H2,1H3. The van der Waals surface area contributed by atoms with E-state index < -0.39 is 5.97 Å². The van der Waals surface area contributed by atoms with Crippen LogP contribution in [0.5, 0.6) is 5.75 Å². The molecule has 0 saturated carbocycles. The van der Waals surface area contributed by atoms with Crippen LogP contribution >= 0.6 is 0 Å². The van der Waals surface area contributed by atoms with Crippen molar-refractivity contribution in [3.8, 4) is 28.1 Å². The van der Waals surface area contributed by atoms with E-state index in [0.717, 1.165) is 28.9 Å². The van der Waals surface area contributed by atoms with Gasteiger partial charge in [-0.25, -0.2) is 9.78 Å². The molecule has 156 valence electrons. The van der Waals surface area contributed by atoms with E-state index in [0.29, 0.717) is 35.3 Å². The lowest BCUT2D eigenvalue weighted by molar-refractivity contribution is 0.0603. The van der Waals surface area contributed by atoms with Crippen molar-refractivity contribution in [2.24, 2.45) is 5.73 Å². The van der Waals surface area contributed by atoms with Crippen LogP contribution in [-0.4, -0.2) is 36.2 Å². The smallest absolute Gasteiger partial charge is 0.338 e. The molecule has 0 aliphatic rings. The van der Waals surface area contributed by atoms with Crippen LogP contribution in [0.25, 0.3) is 33.3 Å². The highest BCUT2D eigenvalue weighted by atomic mass is 16.5. The molecule has 0 aliphatic heterocycles. The van der Waals surface area contributed by atoms with E-state index >= 15 is 0 Å². The van der Waals surface area contributed by atoms with Gasteiger partial charge in [0.25, 0.3) is 0 Å². The second-order valence-electron chi connectivity index (χ2n) is 7.03. The molecular formula is C25H23N3O3. The minimum atomic E-state index is -0.410. The summed E-state index contributed by atoms with van der Waals surface area (Å²) in [5, 5.41) is 0.670. The van der Waals surface area contributed by atoms with E-state index in [4.69, 9.17) is 20.2 Å². The normalized spacial score (nSPS) is 10.8. The fraction of sp³-hybridized carbons (Fsp3) is 0.160. The number of aromatic nitrogens is 2. The Morgan fingerprint density at radius 2 is 1.65 bits per heavy atom. The lowest BCUT2D eigenvalue weighted by Gasteiger charge is -2.10. The quantitative estimate of drug-likeness (QED) is 0.355. The number of carbonyl (C=O) groups is 1. The summed E-state index contributed by atoms with van der Waals surface area (Å²) >= 11 is 0. The van der Waals surface area contributed by atoms with Crippen LogP contribution in [0.4, 0.5) is 0 Å². The van der Waals surface area contributed by atoms with E-state index in [1.807, 2.05) is 48.5 Å². The molecule has 0 saturated heterocycles. The van der Waals surface area contributed by atoms with Gasteiger partial charge in [0.1, 0.15) is 5.75 Å². The maximum atomic E-state index is 12.3. The molecule has 2 N–H and O–H groups in total. The van der Waals surface area contributed by atoms with Gasteiger partial charge in [-0.15, -0.1) is 0 Å². The van der Waals surface area contributed by atoms with Crippen LogP contribution < -0.4 is 10.5 Å². The molecule has 0 bridgehead atoms. The van der Waals surface area contributed by atoms with Gasteiger partial charge in [-0.2, -0.15) is 0 Å². The number of nitrogens with two attached hydrogens (primary N) is 1. The van der Waals surface area contributed by atoms with Crippen molar-refractivity contribution in [1.29, 1.82) is 0 Å². The predicted molar refractivity (Wildman–Crippen MR) is 121 cm³/mol. The number of nitrogens with zero attached hydrogens (tertiary/aromatic N) is 2. The average molecular weight is 413 g/mol. The predicted octanol–water partition coefficient (Wildman–Crippen LogP) is 4.48. The Bertz CT molecular complexity index is 1190. The number of ether oxygens (including phenoxy) is 2. The molecule has 2 aromatic heterocycles. The van der Waals surface area contributed by atoms with Crippen molar-refractivity contribution < 1.29 is 14.3 Å². The number of carbonyl (C=O) groups excluding carboxylic acids is 1. The van der Waals surface area contributed by atoms with E-state index in [9.17, 15) is 4.79 Å². The highest BCUT2D eigenvalue weighted by molar-refractivity contribution is 6.04. The zero-order valence-corrected chi connectivity index (χ0v) is 17.2. The number of fused-ring (bicyclic) bond motifs is 1. The molecule has 2 aromatic carbocycles. The van der Waals surface area contributed by atoms with Gasteiger partial charge >= 0.3 is 5.97 Å². The van der Waals surface area contributed by atoms with Crippen molar-refractivity contribution in [3.05, 3.63) is 78.6 Å². The lowest BCUT2D eigenvalue weighted by atomic mass is 10.0. The van der Waals surface area contributed by atoms with Gasteiger partial charge in [0.05, 0.1) is 30.5 Å². The van der Waals surface area contributed by atoms with Crippen LogP contribution in [0.15, 0.2) is 73.1 Å². The van der Waals surface area contributed by atoms with Crippen molar-refractivity contribution in [2.45, 2.75) is 6.42 Å². The maximum Gasteiger partial charge on any atom is 0.338 e. The van der Waals surface area contributed by atoms with Gasteiger partial charge in [-0.05, 0) is 48.4 Å². The summed E-state index contributed by atoms with van der Waals surface area (Å²) in [7, 11) is 1.37. The zero-order valence-electron chi connectivity index (χ0n) is 17.2. The molecule has 4 aromatic rings. The van der Waals surface area contributed by atoms with Crippen LogP contribution in [-0.2, 0) is 4.74 Å². The van der Waals surface area contributed by atoms with Crippen LogP contribution in [0, 0.1) is 0 Å². The summed E-state index contributed by atoms with van der Waals surface area (Å²) in [5.41, 5.74) is 10.4. The van der Waals surface area contributed by atoms with Gasteiger partial charge in [0.2, 0.25) is 0 Å². The van der Waals surface area contributed by atoms with Crippen LogP contribution in [0.3, 0.4) is 0 Å². The summed E-state index contributed by atoms with van der Waals surface area (Å²) in [6.45, 7) is 1.24. The molecule has 2 heterocycles. The Hall–Kier alpha value is -3.77. The van der Waals surface area contributed by atoms with Crippen LogP contribution in [0.2, 0.25) is 0 Å². The molecule has 6 nitrogen and oxygen atoms in total. The third kappa shape index (κ3) is 4.54. The third-order valence-electron chi connectivity index (χ3n) is 5.00. The topological polar surface area (TPSA) is 87.3 Å². The van der Waals surface area contributed by atoms with Crippen molar-refractivity contribution in [2.75, 3.05) is 20.3 Å². The molecule has 0 atom stereocenters. The summed E-state index contributed by atoms with van der Waals surface area (Å²) in [6.07, 6.45) is 4.12. The molecule has 0 aliphatic carbocycles. The molecule has 0 unspecified atom stereocenters. The summed E-state index contributed by atoms with van der Waals surface area (Å²) in [6, 6.07) is 19.6. The van der Waals surface area contributed by atoms with E-state index in [1.54, 1.807) is 24.5 Å². The van der Waals surface area contributed by atoms with Crippen LogP contribution in [0.1, 0.15) is 16.8 Å². The first-order valence-corrected chi connectivity index (χ1v) is 10.1. The summed E-state index contributed by atoms with van der Waals surface area (Å²) < 4.78 is 10.6. The number of hydrogen-bond acceptors (Lipinski definition) is 6. The first-order chi connectivity index (χ1) is 15.2. The Labute approximate surface area is 180 Å². The second kappa shape index (κ2) is 9.36. The third-order valence-corrected chi connectivity index (χ3v) is 5.00. The number of benzene rings is 2. The monoisotopic (exact) mass is 413 g/mol. The number of esters is 1. The van der Waals surface area contributed by atoms with Crippen molar-refractivity contribution >= 4 is 16.9 Å². The number of methoxy groups -OCH3 is 1. The highest BCUT2D eigenvalue weighted by Crippen LogP contribution is 2.28. The zero-order chi connectivity index (χ0) is 21.6. The fourth-order valence-electron chi connectivity index (χ4n) is 3.35. The van der Waals surface area contributed by atoms with Crippen molar-refractivity contribution in [1.82, 2.24) is 9.97 Å². The van der Waals surface area contributed by atoms with Gasteiger partial charge in [-0.1, -0.05) is 36.4 Å². The summed E-state index contributed by atoms with van der Waals surface area (Å²) in [5.74, 6) is 0.422. The fourth-order valence-corrected chi connectivity index (χ4v) is 3.35. The molecule has 31 heavy (non-hydrogen) atoms. The molecule has 0 spiro atoms.